The summed E-state index contributed by atoms with van der Waals surface area (Å²) in [7, 11) is 0. The Kier molecular flexibility index (Phi) is 7.65. The zero-order valence-corrected chi connectivity index (χ0v) is 37.4. The Morgan fingerprint density at radius 2 is 0.870 bits per heavy atom. The fourth-order valence-electron chi connectivity index (χ4n) is 11.8. The van der Waals surface area contributed by atoms with Crippen LogP contribution in [0.2, 0.25) is 0 Å². The lowest BCUT2D eigenvalue weighted by Gasteiger charge is -2.39. The van der Waals surface area contributed by atoms with E-state index in [0.29, 0.717) is 11.4 Å². The quantitative estimate of drug-likeness (QED) is 0.166. The minimum Gasteiger partial charge on any atom is -0.309 e. The van der Waals surface area contributed by atoms with Crippen LogP contribution in [0.3, 0.4) is 0 Å². The minimum absolute atomic E-state index is 0.555. The number of nitrogens with zero attached hydrogens (tertiary/aromatic N) is 7. The second-order valence-electron chi connectivity index (χ2n) is 17.9. The predicted molar refractivity (Wildman–Crippen MR) is 279 cm³/mol. The SMILES string of the molecule is [C-]#[N+]c1ccc2c(c1)c1cc([N+]#[C-])ccc1n2-c1cnc2c(c1)C1(c3ccccc3Sc3cc(-n4c5ccccc5c5cc(-n6c7ccccc7c7ccccc76)ccc54)ccc31)c1cccnc1-2. The van der Waals surface area contributed by atoms with E-state index in [2.05, 4.69) is 169 Å². The van der Waals surface area contributed by atoms with Crippen LogP contribution in [0.15, 0.2) is 210 Å². The summed E-state index contributed by atoms with van der Waals surface area (Å²) >= 11 is 1.82. The van der Waals surface area contributed by atoms with Crippen molar-refractivity contribution >= 4 is 88.6 Å². The van der Waals surface area contributed by atoms with Gasteiger partial charge in [-0.05, 0) is 118 Å². The molecule has 8 aromatic carbocycles. The molecule has 0 radical (unpaired) electrons. The first-order chi connectivity index (χ1) is 34.1. The highest BCUT2D eigenvalue weighted by atomic mass is 32.2. The summed E-state index contributed by atoms with van der Waals surface area (Å²) in [6, 6.07) is 67.1. The molecule has 5 aromatic heterocycles. The third-order valence-electron chi connectivity index (χ3n) is 14.6. The largest absolute Gasteiger partial charge is 0.309 e. The van der Waals surface area contributed by atoms with Crippen LogP contribution in [0.5, 0.6) is 0 Å². The number of pyridine rings is 2. The molecule has 0 amide bonds. The van der Waals surface area contributed by atoms with Gasteiger partial charge in [-0.3, -0.25) is 9.97 Å². The molecule has 8 heteroatoms. The van der Waals surface area contributed by atoms with Gasteiger partial charge in [-0.2, -0.15) is 0 Å². The van der Waals surface area contributed by atoms with Gasteiger partial charge in [0, 0.05) is 54.5 Å². The van der Waals surface area contributed by atoms with Crippen molar-refractivity contribution < 1.29 is 0 Å². The third kappa shape index (κ3) is 5.00. The van der Waals surface area contributed by atoms with E-state index in [0.717, 1.165) is 72.4 Å². The maximum Gasteiger partial charge on any atom is 0.188 e. The number of aromatic nitrogens is 5. The monoisotopic (exact) mass is 895 g/mol. The van der Waals surface area contributed by atoms with Crippen molar-refractivity contribution in [3.05, 3.63) is 246 Å². The highest BCUT2D eigenvalue weighted by Crippen LogP contribution is 2.62. The van der Waals surface area contributed by atoms with Crippen LogP contribution in [-0.2, 0) is 5.41 Å². The maximum atomic E-state index is 7.80. The molecule has 1 spiro atoms. The molecular formula is C61H33N7S. The van der Waals surface area contributed by atoms with E-state index in [1.165, 1.54) is 53.5 Å². The zero-order valence-electron chi connectivity index (χ0n) is 36.6. The number of rotatable bonds is 3. The molecule has 0 bridgehead atoms. The summed E-state index contributed by atoms with van der Waals surface area (Å²) in [6.45, 7) is 15.6. The highest BCUT2D eigenvalue weighted by molar-refractivity contribution is 7.99. The normalized spacial score (nSPS) is 14.6. The highest BCUT2D eigenvalue weighted by Gasteiger charge is 2.52. The van der Waals surface area contributed by atoms with Gasteiger partial charge >= 0.3 is 0 Å². The van der Waals surface area contributed by atoms with Crippen LogP contribution in [0, 0.1) is 13.1 Å². The summed E-state index contributed by atoms with van der Waals surface area (Å²) < 4.78 is 7.05. The van der Waals surface area contributed by atoms with Crippen molar-refractivity contribution in [3.8, 4) is 28.5 Å². The van der Waals surface area contributed by atoms with Crippen LogP contribution >= 0.6 is 11.8 Å². The van der Waals surface area contributed by atoms with E-state index >= 15 is 0 Å². The van der Waals surface area contributed by atoms with E-state index in [4.69, 9.17) is 23.1 Å². The average molecular weight is 896 g/mol. The molecule has 1 atom stereocenters. The Morgan fingerprint density at radius 1 is 0.377 bits per heavy atom. The van der Waals surface area contributed by atoms with Gasteiger partial charge in [-0.1, -0.05) is 109 Å². The second kappa shape index (κ2) is 13.9. The predicted octanol–water partition coefficient (Wildman–Crippen LogP) is 15.7. The standard InChI is InChI=1S/C61H33N7S/c1-62-36-21-26-54-44(30-36)45-31-37(63-2)22-27-55(45)68(54)40-33-50-60(65-35-40)59-49(16-11-29-64-59)61(50)47-15-6-10-20-57(47)69-58-34-39(23-25-48(58)61)67-53-19-9-5-14-43(53)46-32-38(24-28-56(46)67)66-51-17-7-3-12-41(51)42-13-4-8-18-52(42)66/h3-35H. The summed E-state index contributed by atoms with van der Waals surface area (Å²) in [4.78, 5) is 20.3. The molecule has 15 rings (SSSR count). The van der Waals surface area contributed by atoms with Crippen LogP contribution in [-0.4, -0.2) is 23.7 Å². The maximum absolute atomic E-state index is 7.80. The van der Waals surface area contributed by atoms with Gasteiger partial charge in [0.15, 0.2) is 11.4 Å². The fraction of sp³-hybridized carbons (Fsp3) is 0.0164. The Balaban J connectivity index is 0.957. The Bertz CT molecular complexity index is 4390. The molecule has 7 nitrogen and oxygen atoms in total. The van der Waals surface area contributed by atoms with Crippen LogP contribution in [0.1, 0.15) is 22.3 Å². The van der Waals surface area contributed by atoms with Crippen LogP contribution < -0.4 is 0 Å². The fourth-order valence-corrected chi connectivity index (χ4v) is 13.1. The van der Waals surface area contributed by atoms with E-state index < -0.39 is 5.41 Å². The van der Waals surface area contributed by atoms with Gasteiger partial charge in [0.2, 0.25) is 0 Å². The molecule has 2 aliphatic rings. The van der Waals surface area contributed by atoms with E-state index in [1.807, 2.05) is 66.6 Å². The lowest BCUT2D eigenvalue weighted by atomic mass is 9.67. The van der Waals surface area contributed by atoms with Crippen molar-refractivity contribution in [1.29, 1.82) is 0 Å². The molecule has 0 fully saturated rings. The Hall–Kier alpha value is -9.21. The molecule has 0 saturated heterocycles. The number of benzene rings is 8. The van der Waals surface area contributed by atoms with Crippen molar-refractivity contribution in [2.45, 2.75) is 15.2 Å². The molecular weight excluding hydrogens is 863 g/mol. The first kappa shape index (κ1) is 38.0. The van der Waals surface area contributed by atoms with Gasteiger partial charge in [-0.15, -0.1) is 0 Å². The minimum atomic E-state index is -0.733. The van der Waals surface area contributed by atoms with E-state index in [-0.39, 0.29) is 0 Å². The number of hydrogen-bond donors (Lipinski definition) is 0. The van der Waals surface area contributed by atoms with Gasteiger partial charge in [0.05, 0.1) is 74.9 Å². The van der Waals surface area contributed by atoms with Gasteiger partial charge < -0.3 is 13.7 Å². The van der Waals surface area contributed by atoms with Crippen molar-refractivity contribution in [1.82, 2.24) is 23.7 Å². The molecule has 1 aliphatic heterocycles. The van der Waals surface area contributed by atoms with Gasteiger partial charge in [0.25, 0.3) is 0 Å². The van der Waals surface area contributed by atoms with E-state index in [9.17, 15) is 0 Å². The molecule has 0 N–H and O–H groups in total. The first-order valence-electron chi connectivity index (χ1n) is 22.9. The average Bonchev–Trinajstić information content (AvgIpc) is 4.12. The smallest absolute Gasteiger partial charge is 0.188 e. The summed E-state index contributed by atoms with van der Waals surface area (Å²) in [5, 5.41) is 6.74. The summed E-state index contributed by atoms with van der Waals surface area (Å²) in [6.07, 6.45) is 3.82. The molecule has 13 aromatic rings. The summed E-state index contributed by atoms with van der Waals surface area (Å²) in [5.41, 5.74) is 16.3. The lowest BCUT2D eigenvalue weighted by Crippen LogP contribution is -2.32. The van der Waals surface area contributed by atoms with E-state index in [1.54, 1.807) is 0 Å². The first-order valence-corrected chi connectivity index (χ1v) is 23.7. The van der Waals surface area contributed by atoms with Crippen LogP contribution in [0.4, 0.5) is 11.4 Å². The van der Waals surface area contributed by atoms with Crippen molar-refractivity contribution in [3.63, 3.8) is 0 Å². The molecule has 6 heterocycles. The zero-order chi connectivity index (χ0) is 45.5. The third-order valence-corrected chi connectivity index (χ3v) is 15.7. The Labute approximate surface area is 399 Å². The van der Waals surface area contributed by atoms with Crippen molar-refractivity contribution in [2.24, 2.45) is 0 Å². The molecule has 1 aliphatic carbocycles. The summed E-state index contributed by atoms with van der Waals surface area (Å²) in [5.74, 6) is 0. The molecule has 69 heavy (non-hydrogen) atoms. The van der Waals surface area contributed by atoms with Crippen LogP contribution in [0.25, 0.3) is 104 Å². The van der Waals surface area contributed by atoms with Gasteiger partial charge in [0.1, 0.15) is 0 Å². The number of fused-ring (bicyclic) bond motifs is 18. The molecule has 318 valence electrons. The number of hydrogen-bond acceptors (Lipinski definition) is 3. The molecule has 0 saturated carbocycles. The van der Waals surface area contributed by atoms with Gasteiger partial charge in [-0.25, -0.2) is 9.69 Å². The topological polar surface area (TPSA) is 49.3 Å². The lowest BCUT2D eigenvalue weighted by molar-refractivity contribution is 0.718. The number of para-hydroxylation sites is 3. The second-order valence-corrected chi connectivity index (χ2v) is 19.0. The Morgan fingerprint density at radius 3 is 1.54 bits per heavy atom. The molecule has 1 unspecified atom stereocenters. The van der Waals surface area contributed by atoms with Crippen molar-refractivity contribution in [2.75, 3.05) is 0 Å².